The third-order valence-electron chi connectivity index (χ3n) is 4.56. The molecule has 2 aromatic rings. The summed E-state index contributed by atoms with van der Waals surface area (Å²) in [6, 6.07) is 4.10. The SMILES string of the molecule is Cc1c(Cl)ccc2c(CCN3CCNCC3)cn(CCO)c12. The van der Waals surface area contributed by atoms with E-state index in [9.17, 15) is 5.11 Å². The number of aryl methyl sites for hydroxylation is 1. The third-order valence-corrected chi connectivity index (χ3v) is 4.97. The zero-order chi connectivity index (χ0) is 15.5. The van der Waals surface area contributed by atoms with Gasteiger partial charge in [0.25, 0.3) is 0 Å². The van der Waals surface area contributed by atoms with Crippen molar-refractivity contribution in [3.05, 3.63) is 34.5 Å². The van der Waals surface area contributed by atoms with Gasteiger partial charge in [0.15, 0.2) is 0 Å². The van der Waals surface area contributed by atoms with Crippen molar-refractivity contribution in [2.24, 2.45) is 0 Å². The predicted molar refractivity (Wildman–Crippen MR) is 91.8 cm³/mol. The van der Waals surface area contributed by atoms with Crippen LogP contribution in [-0.4, -0.2) is 53.9 Å². The van der Waals surface area contributed by atoms with Crippen LogP contribution in [0.3, 0.4) is 0 Å². The van der Waals surface area contributed by atoms with Crippen molar-refractivity contribution in [3.8, 4) is 0 Å². The monoisotopic (exact) mass is 321 g/mol. The van der Waals surface area contributed by atoms with Gasteiger partial charge in [-0.15, -0.1) is 0 Å². The summed E-state index contributed by atoms with van der Waals surface area (Å²) in [5.41, 5.74) is 3.61. The van der Waals surface area contributed by atoms with Crippen LogP contribution >= 0.6 is 11.6 Å². The molecule has 1 aromatic carbocycles. The second-order valence-electron chi connectivity index (χ2n) is 5.98. The van der Waals surface area contributed by atoms with Crippen LogP contribution in [0.2, 0.25) is 5.02 Å². The number of aliphatic hydroxyl groups is 1. The van der Waals surface area contributed by atoms with E-state index in [1.165, 1.54) is 10.9 Å². The van der Waals surface area contributed by atoms with E-state index in [4.69, 9.17) is 11.6 Å². The lowest BCUT2D eigenvalue weighted by atomic mass is 10.1. The number of benzene rings is 1. The Hall–Kier alpha value is -1.07. The highest BCUT2D eigenvalue weighted by atomic mass is 35.5. The smallest absolute Gasteiger partial charge is 0.0610 e. The van der Waals surface area contributed by atoms with Crippen LogP contribution in [0.4, 0.5) is 0 Å². The molecular weight excluding hydrogens is 298 g/mol. The van der Waals surface area contributed by atoms with Crippen molar-refractivity contribution >= 4 is 22.5 Å². The van der Waals surface area contributed by atoms with Gasteiger partial charge < -0.3 is 19.9 Å². The topological polar surface area (TPSA) is 40.4 Å². The zero-order valence-electron chi connectivity index (χ0n) is 13.1. The van der Waals surface area contributed by atoms with Gasteiger partial charge in [-0.2, -0.15) is 0 Å². The molecule has 1 aliphatic rings. The molecule has 22 heavy (non-hydrogen) atoms. The number of aliphatic hydroxyl groups excluding tert-OH is 1. The highest BCUT2D eigenvalue weighted by molar-refractivity contribution is 6.32. The van der Waals surface area contributed by atoms with Crippen LogP contribution in [0.15, 0.2) is 18.3 Å². The number of nitrogens with one attached hydrogen (secondary N) is 1. The average Bonchev–Trinajstić information content (AvgIpc) is 2.89. The van der Waals surface area contributed by atoms with Crippen molar-refractivity contribution in [1.82, 2.24) is 14.8 Å². The number of nitrogens with zero attached hydrogens (tertiary/aromatic N) is 2. The average molecular weight is 322 g/mol. The summed E-state index contributed by atoms with van der Waals surface area (Å²) in [7, 11) is 0. The van der Waals surface area contributed by atoms with Crippen molar-refractivity contribution in [3.63, 3.8) is 0 Å². The maximum absolute atomic E-state index is 9.31. The molecule has 2 heterocycles. The molecule has 4 nitrogen and oxygen atoms in total. The zero-order valence-corrected chi connectivity index (χ0v) is 13.9. The molecule has 0 radical (unpaired) electrons. The molecule has 0 saturated carbocycles. The molecular formula is C17H24ClN3O. The van der Waals surface area contributed by atoms with Crippen LogP contribution in [0.25, 0.3) is 10.9 Å². The lowest BCUT2D eigenvalue weighted by Gasteiger charge is -2.26. The maximum Gasteiger partial charge on any atom is 0.0610 e. The Labute approximate surface area is 136 Å². The number of aromatic nitrogens is 1. The second kappa shape index (κ2) is 7.01. The molecule has 5 heteroatoms. The van der Waals surface area contributed by atoms with E-state index in [2.05, 4.69) is 34.0 Å². The summed E-state index contributed by atoms with van der Waals surface area (Å²) in [5, 5.41) is 14.8. The molecule has 3 rings (SSSR count). The number of piperazine rings is 1. The maximum atomic E-state index is 9.31. The standard InChI is InChI=1S/C17H24ClN3O/c1-13-16(18)3-2-15-14(12-21(10-11-22)17(13)15)4-7-20-8-5-19-6-9-20/h2-3,12,19,22H,4-11H2,1H3. The first kappa shape index (κ1) is 15.8. The Kier molecular flexibility index (Phi) is 5.03. The molecule has 0 amide bonds. The van der Waals surface area contributed by atoms with Gasteiger partial charge in [-0.1, -0.05) is 17.7 Å². The molecule has 1 aliphatic heterocycles. The van der Waals surface area contributed by atoms with E-state index in [0.29, 0.717) is 6.54 Å². The van der Waals surface area contributed by atoms with Gasteiger partial charge in [0.1, 0.15) is 0 Å². The van der Waals surface area contributed by atoms with E-state index in [0.717, 1.165) is 55.2 Å². The summed E-state index contributed by atoms with van der Waals surface area (Å²) < 4.78 is 2.14. The minimum absolute atomic E-state index is 0.146. The largest absolute Gasteiger partial charge is 0.395 e. The number of halogens is 1. The van der Waals surface area contributed by atoms with Crippen molar-refractivity contribution in [2.75, 3.05) is 39.3 Å². The van der Waals surface area contributed by atoms with Gasteiger partial charge in [0.2, 0.25) is 0 Å². The predicted octanol–water partition coefficient (Wildman–Crippen LogP) is 2.04. The van der Waals surface area contributed by atoms with E-state index in [1.807, 2.05) is 6.07 Å². The quantitative estimate of drug-likeness (QED) is 0.885. The highest BCUT2D eigenvalue weighted by Crippen LogP contribution is 2.29. The summed E-state index contributed by atoms with van der Waals surface area (Å²) >= 11 is 6.28. The summed E-state index contributed by atoms with van der Waals surface area (Å²) in [6.07, 6.45) is 3.22. The molecule has 1 fully saturated rings. The Bertz CT molecular complexity index is 647. The molecule has 120 valence electrons. The summed E-state index contributed by atoms with van der Waals surface area (Å²) in [5.74, 6) is 0. The van der Waals surface area contributed by atoms with E-state index in [1.54, 1.807) is 0 Å². The van der Waals surface area contributed by atoms with Crippen LogP contribution in [-0.2, 0) is 13.0 Å². The highest BCUT2D eigenvalue weighted by Gasteiger charge is 2.14. The van der Waals surface area contributed by atoms with Crippen molar-refractivity contribution in [1.29, 1.82) is 0 Å². The first-order chi connectivity index (χ1) is 10.7. The Morgan fingerprint density at radius 3 is 2.73 bits per heavy atom. The molecule has 2 N–H and O–H groups in total. The number of rotatable bonds is 5. The van der Waals surface area contributed by atoms with Gasteiger partial charge in [-0.25, -0.2) is 0 Å². The van der Waals surface area contributed by atoms with Crippen LogP contribution in [0.1, 0.15) is 11.1 Å². The van der Waals surface area contributed by atoms with Gasteiger partial charge in [0.05, 0.1) is 12.1 Å². The van der Waals surface area contributed by atoms with Gasteiger partial charge >= 0.3 is 0 Å². The van der Waals surface area contributed by atoms with Gasteiger partial charge in [0, 0.05) is 55.9 Å². The van der Waals surface area contributed by atoms with E-state index < -0.39 is 0 Å². The fraction of sp³-hybridized carbons (Fsp3) is 0.529. The Morgan fingerprint density at radius 2 is 2.00 bits per heavy atom. The first-order valence-corrected chi connectivity index (χ1v) is 8.39. The lowest BCUT2D eigenvalue weighted by Crippen LogP contribution is -2.44. The molecule has 0 atom stereocenters. The Morgan fingerprint density at radius 1 is 1.23 bits per heavy atom. The van der Waals surface area contributed by atoms with Crippen LogP contribution in [0, 0.1) is 6.92 Å². The summed E-state index contributed by atoms with van der Waals surface area (Å²) in [4.78, 5) is 2.51. The minimum atomic E-state index is 0.146. The van der Waals surface area contributed by atoms with Gasteiger partial charge in [-0.05, 0) is 30.5 Å². The fourth-order valence-electron chi connectivity index (χ4n) is 3.32. The van der Waals surface area contributed by atoms with E-state index >= 15 is 0 Å². The molecule has 0 unspecified atom stereocenters. The molecule has 1 aromatic heterocycles. The minimum Gasteiger partial charge on any atom is -0.395 e. The summed E-state index contributed by atoms with van der Waals surface area (Å²) in [6.45, 7) is 8.32. The number of hydrogen-bond acceptors (Lipinski definition) is 3. The lowest BCUT2D eigenvalue weighted by molar-refractivity contribution is 0.244. The van der Waals surface area contributed by atoms with E-state index in [-0.39, 0.29) is 6.61 Å². The van der Waals surface area contributed by atoms with Gasteiger partial charge in [-0.3, -0.25) is 0 Å². The molecule has 1 saturated heterocycles. The first-order valence-electron chi connectivity index (χ1n) is 8.01. The molecule has 0 spiro atoms. The van der Waals surface area contributed by atoms with Crippen LogP contribution in [0.5, 0.6) is 0 Å². The van der Waals surface area contributed by atoms with Crippen LogP contribution < -0.4 is 5.32 Å². The van der Waals surface area contributed by atoms with Crippen molar-refractivity contribution < 1.29 is 5.11 Å². The number of hydrogen-bond donors (Lipinski definition) is 2. The molecule has 0 aliphatic carbocycles. The normalized spacial score (nSPS) is 16.5. The fourth-order valence-corrected chi connectivity index (χ4v) is 3.48. The Balaban J connectivity index is 1.87. The van der Waals surface area contributed by atoms with Crippen molar-refractivity contribution in [2.45, 2.75) is 19.9 Å². The second-order valence-corrected chi connectivity index (χ2v) is 6.39. The number of fused-ring (bicyclic) bond motifs is 1. The molecule has 0 bridgehead atoms. The third kappa shape index (κ3) is 3.15.